The van der Waals surface area contributed by atoms with Crippen molar-refractivity contribution in [3.63, 3.8) is 0 Å². The van der Waals surface area contributed by atoms with E-state index < -0.39 is 27.0 Å². The first-order valence-corrected chi connectivity index (χ1v) is 8.47. The van der Waals surface area contributed by atoms with Gasteiger partial charge in [0.05, 0.1) is 9.80 Å². The van der Waals surface area contributed by atoms with Crippen molar-refractivity contribution >= 4 is 15.5 Å². The highest BCUT2D eigenvalue weighted by atomic mass is 32.2. The summed E-state index contributed by atoms with van der Waals surface area (Å²) in [6.07, 6.45) is 7.09. The van der Waals surface area contributed by atoms with Crippen LogP contribution in [0.4, 0.5) is 5.69 Å². The predicted octanol–water partition coefficient (Wildman–Crippen LogP) is 3.28. The summed E-state index contributed by atoms with van der Waals surface area (Å²) in [5.41, 5.74) is 0.638. The smallest absolute Gasteiger partial charge is 0.206 e. The van der Waals surface area contributed by atoms with Crippen molar-refractivity contribution in [3.05, 3.63) is 39.7 Å². The zero-order valence-electron chi connectivity index (χ0n) is 11.7. The first-order chi connectivity index (χ1) is 10.4. The molecule has 1 unspecified atom stereocenters. The van der Waals surface area contributed by atoms with Gasteiger partial charge in [-0.1, -0.05) is 11.6 Å². The molecule has 0 aromatic heterocycles. The third-order valence-corrected chi connectivity index (χ3v) is 6.00. The number of hydrogen-bond acceptors (Lipinski definition) is 6. The molecule has 2 N–H and O–H groups in total. The molecule has 0 heterocycles. The molecule has 1 atom stereocenters. The standard InChI is InChI=1S/C15H15NO5S/c17-14-8-12(7-13(16-19)15(14)18)22(20,21)11-5-4-9-2-1-3-10(9)6-11/h5-9,17-18H,1-4H2. The lowest BCUT2D eigenvalue weighted by molar-refractivity contribution is 0.403. The first-order valence-electron chi connectivity index (χ1n) is 6.98. The van der Waals surface area contributed by atoms with Crippen molar-refractivity contribution in [2.45, 2.75) is 30.6 Å². The summed E-state index contributed by atoms with van der Waals surface area (Å²) in [6.45, 7) is 0. The summed E-state index contributed by atoms with van der Waals surface area (Å²) >= 11 is 0. The first kappa shape index (κ1) is 14.8. The molecule has 22 heavy (non-hydrogen) atoms. The van der Waals surface area contributed by atoms with E-state index in [1.807, 2.05) is 0 Å². The fourth-order valence-electron chi connectivity index (χ4n) is 3.03. The molecule has 0 aliphatic heterocycles. The Morgan fingerprint density at radius 1 is 1.23 bits per heavy atom. The summed E-state index contributed by atoms with van der Waals surface area (Å²) in [5.74, 6) is -0.973. The fraction of sp³-hybridized carbons (Fsp3) is 0.333. The quantitative estimate of drug-likeness (QED) is 0.656. The molecule has 2 aliphatic carbocycles. The molecular formula is C15H15NO5S. The van der Waals surface area contributed by atoms with Crippen LogP contribution >= 0.6 is 0 Å². The van der Waals surface area contributed by atoms with Gasteiger partial charge in [-0.3, -0.25) is 0 Å². The van der Waals surface area contributed by atoms with Gasteiger partial charge in [-0.05, 0) is 48.9 Å². The normalized spacial score (nSPS) is 21.0. The van der Waals surface area contributed by atoms with Gasteiger partial charge in [-0.2, -0.15) is 0 Å². The maximum absolute atomic E-state index is 12.7. The highest BCUT2D eigenvalue weighted by Crippen LogP contribution is 2.42. The summed E-state index contributed by atoms with van der Waals surface area (Å²) in [4.78, 5) is 10.6. The van der Waals surface area contributed by atoms with Gasteiger partial charge in [-0.25, -0.2) is 8.42 Å². The number of sulfone groups is 1. The zero-order chi connectivity index (χ0) is 15.9. The Hall–Kier alpha value is -2.15. The highest BCUT2D eigenvalue weighted by Gasteiger charge is 2.29. The molecule has 3 rings (SSSR count). The maximum Gasteiger partial charge on any atom is 0.206 e. The number of phenolic OH excluding ortho intramolecular Hbond substituents is 2. The lowest BCUT2D eigenvalue weighted by atomic mass is 9.95. The number of aromatic hydroxyl groups is 2. The van der Waals surface area contributed by atoms with Gasteiger partial charge in [0, 0.05) is 6.07 Å². The van der Waals surface area contributed by atoms with Crippen LogP contribution in [0.1, 0.15) is 25.7 Å². The molecular weight excluding hydrogens is 306 g/mol. The summed E-state index contributed by atoms with van der Waals surface area (Å²) in [6, 6.07) is 1.90. The molecule has 0 bridgehead atoms. The predicted molar refractivity (Wildman–Crippen MR) is 80.5 cm³/mol. The number of allylic oxidation sites excluding steroid dienone is 3. The number of rotatable bonds is 3. The second-order valence-corrected chi connectivity index (χ2v) is 7.51. The van der Waals surface area contributed by atoms with Gasteiger partial charge in [0.25, 0.3) is 0 Å². The third kappa shape index (κ3) is 2.31. The van der Waals surface area contributed by atoms with Crippen molar-refractivity contribution in [2.24, 2.45) is 11.1 Å². The van der Waals surface area contributed by atoms with Crippen molar-refractivity contribution in [1.82, 2.24) is 0 Å². The molecule has 6 nitrogen and oxygen atoms in total. The topological polar surface area (TPSA) is 104 Å². The number of phenols is 2. The van der Waals surface area contributed by atoms with Crippen LogP contribution in [0, 0.1) is 10.8 Å². The average Bonchev–Trinajstić information content (AvgIpc) is 2.97. The molecule has 2 aliphatic rings. The Morgan fingerprint density at radius 2 is 2.00 bits per heavy atom. The molecule has 0 radical (unpaired) electrons. The molecule has 0 spiro atoms. The van der Waals surface area contributed by atoms with E-state index in [9.17, 15) is 23.5 Å². The van der Waals surface area contributed by atoms with E-state index in [-0.39, 0.29) is 9.80 Å². The van der Waals surface area contributed by atoms with Gasteiger partial charge in [0.15, 0.2) is 17.2 Å². The lowest BCUT2D eigenvalue weighted by Crippen LogP contribution is -2.09. The van der Waals surface area contributed by atoms with Gasteiger partial charge in [-0.15, -0.1) is 4.91 Å². The number of nitrogens with zero attached hydrogens (tertiary/aromatic N) is 1. The SMILES string of the molecule is O=Nc1cc(S(=O)(=O)C2=CCC3CCCC3=C2)cc(O)c1O. The van der Waals surface area contributed by atoms with Crippen LogP contribution in [-0.2, 0) is 9.84 Å². The van der Waals surface area contributed by atoms with Crippen LogP contribution < -0.4 is 0 Å². The van der Waals surface area contributed by atoms with E-state index in [0.29, 0.717) is 12.3 Å². The van der Waals surface area contributed by atoms with Crippen molar-refractivity contribution in [2.75, 3.05) is 0 Å². The molecule has 1 aromatic rings. The summed E-state index contributed by atoms with van der Waals surface area (Å²) < 4.78 is 25.3. The number of hydrogen-bond donors (Lipinski definition) is 2. The van der Waals surface area contributed by atoms with Gasteiger partial charge in [0.2, 0.25) is 9.84 Å². The van der Waals surface area contributed by atoms with Gasteiger partial charge in [0.1, 0.15) is 0 Å². The largest absolute Gasteiger partial charge is 0.504 e. The monoisotopic (exact) mass is 321 g/mol. The molecule has 7 heteroatoms. The van der Waals surface area contributed by atoms with Crippen LogP contribution in [0.25, 0.3) is 0 Å². The number of benzene rings is 1. The van der Waals surface area contributed by atoms with Crippen LogP contribution in [0.3, 0.4) is 0 Å². The lowest BCUT2D eigenvalue weighted by Gasteiger charge is -2.17. The van der Waals surface area contributed by atoms with Crippen LogP contribution in [0.5, 0.6) is 11.5 Å². The molecule has 116 valence electrons. The Kier molecular flexibility index (Phi) is 3.52. The Balaban J connectivity index is 2.06. The van der Waals surface area contributed by atoms with Crippen LogP contribution in [-0.4, -0.2) is 18.6 Å². The fourth-order valence-corrected chi connectivity index (χ4v) is 4.46. The van der Waals surface area contributed by atoms with E-state index >= 15 is 0 Å². The number of fused-ring (bicyclic) bond motifs is 1. The minimum Gasteiger partial charge on any atom is -0.504 e. The Labute approximate surface area is 127 Å². The van der Waals surface area contributed by atoms with Crippen molar-refractivity contribution < 1.29 is 18.6 Å². The molecule has 0 saturated heterocycles. The Bertz CT molecular complexity index is 807. The minimum absolute atomic E-state index is 0.169. The van der Waals surface area contributed by atoms with Crippen LogP contribution in [0.2, 0.25) is 0 Å². The van der Waals surface area contributed by atoms with E-state index in [1.54, 1.807) is 12.2 Å². The average molecular weight is 321 g/mol. The minimum atomic E-state index is -3.86. The third-order valence-electron chi connectivity index (χ3n) is 4.24. The maximum atomic E-state index is 12.7. The zero-order valence-corrected chi connectivity index (χ0v) is 12.5. The van der Waals surface area contributed by atoms with Crippen molar-refractivity contribution in [1.29, 1.82) is 0 Å². The second-order valence-electron chi connectivity index (χ2n) is 5.56. The summed E-state index contributed by atoms with van der Waals surface area (Å²) in [7, 11) is -3.86. The molecule has 0 amide bonds. The van der Waals surface area contributed by atoms with Crippen molar-refractivity contribution in [3.8, 4) is 11.5 Å². The van der Waals surface area contributed by atoms with E-state index in [1.165, 1.54) is 0 Å². The highest BCUT2D eigenvalue weighted by molar-refractivity contribution is 7.95. The molecule has 1 fully saturated rings. The molecule has 1 saturated carbocycles. The number of nitroso groups, excluding NO2 is 1. The van der Waals surface area contributed by atoms with E-state index in [0.717, 1.165) is 37.0 Å². The van der Waals surface area contributed by atoms with Gasteiger partial charge < -0.3 is 10.2 Å². The molecule has 1 aromatic carbocycles. The van der Waals surface area contributed by atoms with Crippen LogP contribution in [0.15, 0.2) is 44.8 Å². The van der Waals surface area contributed by atoms with E-state index in [4.69, 9.17) is 0 Å². The Morgan fingerprint density at radius 3 is 2.73 bits per heavy atom. The van der Waals surface area contributed by atoms with E-state index in [2.05, 4.69) is 5.18 Å². The second kappa shape index (κ2) is 5.24. The summed E-state index contributed by atoms with van der Waals surface area (Å²) in [5, 5.41) is 21.6. The van der Waals surface area contributed by atoms with Gasteiger partial charge >= 0.3 is 0 Å².